The minimum absolute atomic E-state index is 0.0576. The van der Waals surface area contributed by atoms with Crippen LogP contribution in [0.15, 0.2) is 35.2 Å². The van der Waals surface area contributed by atoms with E-state index in [1.807, 2.05) is 0 Å². The Morgan fingerprint density at radius 2 is 1.48 bits per heavy atom. The topological polar surface area (TPSA) is 63.7 Å². The molecule has 0 saturated heterocycles. The summed E-state index contributed by atoms with van der Waals surface area (Å²) < 4.78 is 98.1. The molecule has 29 heavy (non-hydrogen) atoms. The average molecular weight is 458 g/mol. The van der Waals surface area contributed by atoms with Gasteiger partial charge in [-0.3, -0.25) is 4.79 Å². The van der Waals surface area contributed by atoms with E-state index in [1.165, 1.54) is 0 Å². The van der Waals surface area contributed by atoms with E-state index in [9.17, 15) is 35.2 Å². The monoisotopic (exact) mass is 457 g/mol. The van der Waals surface area contributed by atoms with Crippen LogP contribution in [0.1, 0.15) is 5.56 Å². The van der Waals surface area contributed by atoms with Crippen LogP contribution in [-0.4, -0.2) is 37.7 Å². The van der Waals surface area contributed by atoms with E-state index in [-0.39, 0.29) is 10.9 Å². The van der Waals surface area contributed by atoms with Gasteiger partial charge in [0, 0.05) is 7.05 Å². The van der Waals surface area contributed by atoms with Crippen LogP contribution >= 0.6 is 11.6 Å². The summed E-state index contributed by atoms with van der Waals surface area (Å²) in [6, 6.07) is 6.68. The van der Waals surface area contributed by atoms with Crippen LogP contribution in [0, 0.1) is 29.1 Å². The summed E-state index contributed by atoms with van der Waals surface area (Å²) in [5.41, 5.74) is 0.665. The minimum Gasteiger partial charge on any atom is -0.375 e. The number of likely N-dealkylation sites (N-methyl/N-ethyl adjacent to an activating group) is 1. The number of halogens is 6. The van der Waals surface area contributed by atoms with E-state index in [1.54, 1.807) is 30.3 Å². The molecule has 0 bridgehead atoms. The predicted molar refractivity (Wildman–Crippen MR) is 91.9 cm³/mol. The van der Waals surface area contributed by atoms with Crippen molar-refractivity contribution in [2.24, 2.45) is 0 Å². The van der Waals surface area contributed by atoms with Gasteiger partial charge in [0.05, 0.1) is 13.2 Å². The third kappa shape index (κ3) is 4.74. The van der Waals surface area contributed by atoms with E-state index < -0.39 is 61.9 Å². The Labute approximate surface area is 167 Å². The molecule has 0 aliphatic rings. The second-order valence-electron chi connectivity index (χ2n) is 5.74. The van der Waals surface area contributed by atoms with Gasteiger partial charge >= 0.3 is 0 Å². The Kier molecular flexibility index (Phi) is 7.33. The molecule has 0 aliphatic heterocycles. The van der Waals surface area contributed by atoms with Crippen molar-refractivity contribution in [2.45, 2.75) is 17.5 Å². The number of benzene rings is 2. The second kappa shape index (κ2) is 9.16. The standard InChI is InChI=1S/C17H13ClF5NO4S/c1-24(10(17(18)25)8-28-7-9-5-3-2-4-6-9)29(26,27)16-14(22)12(20)11(19)13(21)15(16)23/h2-6,10H,7-8H2,1H3/t10-/m1/s1. The lowest BCUT2D eigenvalue weighted by atomic mass is 10.2. The molecule has 2 aromatic carbocycles. The van der Waals surface area contributed by atoms with Crippen LogP contribution in [0.3, 0.4) is 0 Å². The quantitative estimate of drug-likeness (QED) is 0.264. The van der Waals surface area contributed by atoms with E-state index in [0.717, 1.165) is 0 Å². The Balaban J connectivity index is 2.34. The maximum absolute atomic E-state index is 13.9. The number of hydrogen-bond donors (Lipinski definition) is 0. The number of sulfonamides is 1. The number of carbonyl (C=O) groups is 1. The maximum atomic E-state index is 13.9. The fourth-order valence-corrected chi connectivity index (χ4v) is 3.98. The molecule has 0 saturated carbocycles. The molecule has 0 spiro atoms. The largest absolute Gasteiger partial charge is 0.375 e. The van der Waals surface area contributed by atoms with Crippen molar-refractivity contribution in [1.29, 1.82) is 0 Å². The minimum atomic E-state index is -5.35. The molecule has 0 N–H and O–H groups in total. The summed E-state index contributed by atoms with van der Waals surface area (Å²) in [5, 5.41) is -1.28. The van der Waals surface area contributed by atoms with Crippen LogP contribution in [0.4, 0.5) is 22.0 Å². The van der Waals surface area contributed by atoms with E-state index in [4.69, 9.17) is 16.3 Å². The number of nitrogens with zero attached hydrogens (tertiary/aromatic N) is 1. The molecule has 0 unspecified atom stereocenters. The Morgan fingerprint density at radius 3 is 1.97 bits per heavy atom. The molecule has 0 radical (unpaired) electrons. The van der Waals surface area contributed by atoms with Gasteiger partial charge in [0.15, 0.2) is 28.2 Å². The first-order valence-electron chi connectivity index (χ1n) is 7.80. The molecular formula is C17H13ClF5NO4S. The number of rotatable bonds is 8. The molecule has 2 aromatic rings. The molecule has 0 aliphatic carbocycles. The molecule has 5 nitrogen and oxygen atoms in total. The van der Waals surface area contributed by atoms with Gasteiger partial charge < -0.3 is 4.74 Å². The van der Waals surface area contributed by atoms with E-state index in [2.05, 4.69) is 0 Å². The van der Waals surface area contributed by atoms with Gasteiger partial charge in [-0.1, -0.05) is 30.3 Å². The summed E-state index contributed by atoms with van der Waals surface area (Å²) in [5.74, 6) is -12.5. The van der Waals surface area contributed by atoms with Crippen molar-refractivity contribution in [2.75, 3.05) is 13.7 Å². The fraction of sp³-hybridized carbons (Fsp3) is 0.235. The van der Waals surface area contributed by atoms with Crippen LogP contribution in [-0.2, 0) is 26.2 Å². The summed E-state index contributed by atoms with van der Waals surface area (Å²) in [6.45, 7) is -0.694. The van der Waals surface area contributed by atoms with Gasteiger partial charge in [-0.15, -0.1) is 0 Å². The van der Waals surface area contributed by atoms with E-state index >= 15 is 0 Å². The lowest BCUT2D eigenvalue weighted by Crippen LogP contribution is -2.44. The van der Waals surface area contributed by atoms with Crippen molar-refractivity contribution < 1.29 is 39.9 Å². The van der Waals surface area contributed by atoms with E-state index in [0.29, 0.717) is 12.6 Å². The summed E-state index contributed by atoms with van der Waals surface area (Å²) in [6.07, 6.45) is 0. The lowest BCUT2D eigenvalue weighted by molar-refractivity contribution is -0.116. The molecule has 0 heterocycles. The zero-order valence-electron chi connectivity index (χ0n) is 14.6. The predicted octanol–water partition coefficient (Wildman–Crippen LogP) is 3.35. The number of ether oxygens (including phenoxy) is 1. The smallest absolute Gasteiger partial charge is 0.249 e. The summed E-state index contributed by atoms with van der Waals surface area (Å²) in [4.78, 5) is 9.55. The Morgan fingerprint density at radius 1 is 1.00 bits per heavy atom. The highest BCUT2D eigenvalue weighted by molar-refractivity contribution is 7.89. The van der Waals surface area contributed by atoms with Gasteiger partial charge in [-0.2, -0.15) is 4.31 Å². The molecular weight excluding hydrogens is 445 g/mol. The highest BCUT2D eigenvalue weighted by Gasteiger charge is 2.40. The third-order valence-electron chi connectivity index (χ3n) is 3.89. The van der Waals surface area contributed by atoms with Gasteiger partial charge in [0.2, 0.25) is 21.1 Å². The van der Waals surface area contributed by atoms with Crippen molar-refractivity contribution in [3.63, 3.8) is 0 Å². The van der Waals surface area contributed by atoms with Crippen LogP contribution < -0.4 is 0 Å². The van der Waals surface area contributed by atoms with Crippen molar-refractivity contribution in [3.05, 3.63) is 65.0 Å². The second-order valence-corrected chi connectivity index (χ2v) is 8.05. The zero-order valence-corrected chi connectivity index (χ0v) is 16.2. The van der Waals surface area contributed by atoms with Crippen LogP contribution in [0.5, 0.6) is 0 Å². The first kappa shape index (κ1) is 23.2. The molecule has 158 valence electrons. The molecule has 2 rings (SSSR count). The Bertz CT molecular complexity index is 991. The van der Waals surface area contributed by atoms with Crippen LogP contribution in [0.25, 0.3) is 0 Å². The third-order valence-corrected chi connectivity index (χ3v) is 6.03. The lowest BCUT2D eigenvalue weighted by Gasteiger charge is -2.25. The van der Waals surface area contributed by atoms with Crippen molar-refractivity contribution in [1.82, 2.24) is 4.31 Å². The fourth-order valence-electron chi connectivity index (χ4n) is 2.30. The average Bonchev–Trinajstić information content (AvgIpc) is 2.68. The van der Waals surface area contributed by atoms with Gasteiger partial charge in [-0.05, 0) is 17.2 Å². The SMILES string of the molecule is CN([C@H](COCc1ccccc1)C(=O)Cl)S(=O)(=O)c1c(F)c(F)c(F)c(F)c1F. The molecule has 12 heteroatoms. The van der Waals surface area contributed by atoms with Gasteiger partial charge in [0.1, 0.15) is 6.04 Å². The van der Waals surface area contributed by atoms with Crippen molar-refractivity contribution in [3.8, 4) is 0 Å². The maximum Gasteiger partial charge on any atom is 0.249 e. The molecule has 0 aromatic heterocycles. The highest BCUT2D eigenvalue weighted by Crippen LogP contribution is 2.29. The first-order valence-corrected chi connectivity index (χ1v) is 9.62. The molecule has 0 amide bonds. The van der Waals surface area contributed by atoms with Gasteiger partial charge in [-0.25, -0.2) is 30.4 Å². The molecule has 0 fully saturated rings. The summed E-state index contributed by atoms with van der Waals surface area (Å²) in [7, 11) is -4.65. The number of carbonyl (C=O) groups excluding carboxylic acids is 1. The normalized spacial score (nSPS) is 13.0. The number of hydrogen-bond acceptors (Lipinski definition) is 4. The zero-order chi connectivity index (χ0) is 21.9. The Hall–Kier alpha value is -2.08. The van der Waals surface area contributed by atoms with Crippen LogP contribution in [0.2, 0.25) is 0 Å². The van der Waals surface area contributed by atoms with Gasteiger partial charge in [0.25, 0.3) is 0 Å². The molecule has 1 atom stereocenters. The highest BCUT2D eigenvalue weighted by atomic mass is 35.5. The first-order chi connectivity index (χ1) is 13.5. The summed E-state index contributed by atoms with van der Waals surface area (Å²) >= 11 is 5.36. The van der Waals surface area contributed by atoms with Crippen molar-refractivity contribution >= 4 is 26.9 Å².